The van der Waals surface area contributed by atoms with E-state index in [1.165, 1.54) is 0 Å². The molecule has 2 amide bonds. The Morgan fingerprint density at radius 1 is 1.00 bits per heavy atom. The molecule has 0 spiro atoms. The van der Waals surface area contributed by atoms with Crippen LogP contribution in [0.15, 0.2) is 48.5 Å². The van der Waals surface area contributed by atoms with E-state index in [1.807, 2.05) is 12.1 Å². The highest BCUT2D eigenvalue weighted by Gasteiger charge is 2.16. The number of hydrogen-bond acceptors (Lipinski definition) is 3. The number of hydrogen-bond donors (Lipinski definition) is 2. The fraction of sp³-hybridized carbons (Fsp3) is 0.263. The van der Waals surface area contributed by atoms with Crippen molar-refractivity contribution in [3.8, 4) is 0 Å². The second-order valence-electron chi connectivity index (χ2n) is 6.51. The van der Waals surface area contributed by atoms with Crippen LogP contribution in [-0.2, 0) is 11.3 Å². The molecule has 0 aliphatic rings. The first-order valence-corrected chi connectivity index (χ1v) is 8.23. The van der Waals surface area contributed by atoms with Gasteiger partial charge in [-0.3, -0.25) is 10.1 Å². The third-order valence-electron chi connectivity index (χ3n) is 3.16. The fourth-order valence-corrected chi connectivity index (χ4v) is 2.14. The third-order valence-corrected chi connectivity index (χ3v) is 3.41. The largest absolute Gasteiger partial charge is 0.444 e. The predicted octanol–water partition coefficient (Wildman–Crippen LogP) is 4.62. The summed E-state index contributed by atoms with van der Waals surface area (Å²) >= 11 is 5.83. The van der Waals surface area contributed by atoms with Gasteiger partial charge < -0.3 is 10.1 Å². The van der Waals surface area contributed by atoms with Crippen molar-refractivity contribution in [2.24, 2.45) is 0 Å². The lowest BCUT2D eigenvalue weighted by molar-refractivity contribution is 0.0635. The monoisotopic (exact) mass is 360 g/mol. The van der Waals surface area contributed by atoms with Gasteiger partial charge in [-0.05, 0) is 62.7 Å². The maximum Gasteiger partial charge on any atom is 0.412 e. The molecule has 25 heavy (non-hydrogen) atoms. The Kier molecular flexibility index (Phi) is 6.04. The van der Waals surface area contributed by atoms with Gasteiger partial charge in [0.2, 0.25) is 0 Å². The predicted molar refractivity (Wildman–Crippen MR) is 98.9 cm³/mol. The first-order chi connectivity index (χ1) is 11.7. The van der Waals surface area contributed by atoms with Crippen LogP contribution in [0.4, 0.5) is 10.5 Å². The van der Waals surface area contributed by atoms with Gasteiger partial charge in [0, 0.05) is 22.8 Å². The molecule has 0 saturated heterocycles. The molecule has 132 valence electrons. The van der Waals surface area contributed by atoms with Crippen molar-refractivity contribution in [3.63, 3.8) is 0 Å². The highest BCUT2D eigenvalue weighted by molar-refractivity contribution is 6.30. The Bertz CT molecular complexity index is 735. The molecule has 2 N–H and O–H groups in total. The number of amides is 2. The van der Waals surface area contributed by atoms with Crippen LogP contribution in [0.1, 0.15) is 36.7 Å². The molecule has 2 aromatic carbocycles. The zero-order chi connectivity index (χ0) is 18.4. The summed E-state index contributed by atoms with van der Waals surface area (Å²) in [6.07, 6.45) is -0.535. The molecule has 0 fully saturated rings. The first kappa shape index (κ1) is 18.8. The van der Waals surface area contributed by atoms with Crippen LogP contribution in [0.25, 0.3) is 0 Å². The minimum atomic E-state index is -0.564. The van der Waals surface area contributed by atoms with Gasteiger partial charge in [0.1, 0.15) is 5.60 Å². The van der Waals surface area contributed by atoms with E-state index < -0.39 is 11.7 Å². The molecule has 0 heterocycles. The van der Waals surface area contributed by atoms with Crippen LogP contribution in [0.2, 0.25) is 5.02 Å². The summed E-state index contributed by atoms with van der Waals surface area (Å²) in [6.45, 7) is 5.79. The molecule has 0 unspecified atom stereocenters. The van der Waals surface area contributed by atoms with Crippen molar-refractivity contribution in [3.05, 3.63) is 64.7 Å². The maximum atomic E-state index is 12.2. The Balaban J connectivity index is 1.89. The van der Waals surface area contributed by atoms with Gasteiger partial charge >= 0.3 is 6.09 Å². The van der Waals surface area contributed by atoms with Gasteiger partial charge in [0.25, 0.3) is 5.91 Å². The van der Waals surface area contributed by atoms with Crippen LogP contribution >= 0.6 is 11.6 Å². The molecule has 0 atom stereocenters. The quantitative estimate of drug-likeness (QED) is 0.836. The lowest BCUT2D eigenvalue weighted by Crippen LogP contribution is -2.27. The number of rotatable bonds is 4. The Hall–Kier alpha value is -2.53. The highest BCUT2D eigenvalue weighted by Crippen LogP contribution is 2.13. The summed E-state index contributed by atoms with van der Waals surface area (Å²) in [5.74, 6) is -0.196. The average Bonchev–Trinajstić information content (AvgIpc) is 2.53. The average molecular weight is 361 g/mol. The van der Waals surface area contributed by atoms with E-state index >= 15 is 0 Å². The highest BCUT2D eigenvalue weighted by atomic mass is 35.5. The summed E-state index contributed by atoms with van der Waals surface area (Å²) in [4.78, 5) is 23.9. The van der Waals surface area contributed by atoms with Gasteiger partial charge in [-0.25, -0.2) is 4.79 Å². The van der Waals surface area contributed by atoms with Crippen molar-refractivity contribution in [1.82, 2.24) is 5.32 Å². The molecule has 0 aliphatic carbocycles. The van der Waals surface area contributed by atoms with Gasteiger partial charge in [0.15, 0.2) is 0 Å². The summed E-state index contributed by atoms with van der Waals surface area (Å²) in [7, 11) is 0. The van der Waals surface area contributed by atoms with E-state index in [2.05, 4.69) is 10.6 Å². The first-order valence-electron chi connectivity index (χ1n) is 7.86. The number of carbonyl (C=O) groups is 2. The third kappa shape index (κ3) is 6.47. The van der Waals surface area contributed by atoms with Crippen molar-refractivity contribution in [2.75, 3.05) is 5.32 Å². The molecular formula is C19H21ClN2O3. The molecule has 0 aliphatic heterocycles. The molecule has 0 saturated carbocycles. The summed E-state index contributed by atoms with van der Waals surface area (Å²) in [5.41, 5.74) is 1.46. The van der Waals surface area contributed by atoms with Gasteiger partial charge in [-0.15, -0.1) is 0 Å². The van der Waals surface area contributed by atoms with E-state index in [0.29, 0.717) is 22.8 Å². The minimum Gasteiger partial charge on any atom is -0.444 e. The van der Waals surface area contributed by atoms with E-state index in [-0.39, 0.29) is 5.91 Å². The van der Waals surface area contributed by atoms with Crippen LogP contribution in [0, 0.1) is 0 Å². The standard InChI is InChI=1S/C19H21ClN2O3/c1-19(2,3)25-18(24)22-16-10-6-14(7-11-16)17(23)21-12-13-4-8-15(20)9-5-13/h4-11H,12H2,1-3H3,(H,21,23)(H,22,24). The van der Waals surface area contributed by atoms with Crippen LogP contribution in [0.5, 0.6) is 0 Å². The molecule has 2 rings (SSSR count). The van der Waals surface area contributed by atoms with Crippen molar-refractivity contribution in [2.45, 2.75) is 32.9 Å². The normalized spacial score (nSPS) is 10.9. The van der Waals surface area contributed by atoms with E-state index in [9.17, 15) is 9.59 Å². The maximum absolute atomic E-state index is 12.2. The number of halogens is 1. The zero-order valence-corrected chi connectivity index (χ0v) is 15.2. The number of anilines is 1. The number of benzene rings is 2. The van der Waals surface area contributed by atoms with Crippen LogP contribution in [-0.4, -0.2) is 17.6 Å². The molecule has 0 radical (unpaired) electrons. The lowest BCUT2D eigenvalue weighted by atomic mass is 10.1. The molecule has 6 heteroatoms. The number of nitrogens with one attached hydrogen (secondary N) is 2. The summed E-state index contributed by atoms with van der Waals surface area (Å²) in [5, 5.41) is 6.11. The molecule has 2 aromatic rings. The van der Waals surface area contributed by atoms with Crippen LogP contribution < -0.4 is 10.6 Å². The lowest BCUT2D eigenvalue weighted by Gasteiger charge is -2.19. The Morgan fingerprint density at radius 3 is 2.16 bits per heavy atom. The van der Waals surface area contributed by atoms with E-state index in [0.717, 1.165) is 5.56 Å². The molecular weight excluding hydrogens is 340 g/mol. The summed E-state index contributed by atoms with van der Waals surface area (Å²) < 4.78 is 5.18. The molecule has 0 bridgehead atoms. The van der Waals surface area contributed by atoms with Crippen molar-refractivity contribution < 1.29 is 14.3 Å². The van der Waals surface area contributed by atoms with Gasteiger partial charge in [0.05, 0.1) is 0 Å². The van der Waals surface area contributed by atoms with E-state index in [1.54, 1.807) is 57.2 Å². The zero-order valence-electron chi connectivity index (χ0n) is 14.4. The topological polar surface area (TPSA) is 67.4 Å². The second-order valence-corrected chi connectivity index (χ2v) is 6.95. The molecule has 5 nitrogen and oxygen atoms in total. The smallest absolute Gasteiger partial charge is 0.412 e. The summed E-state index contributed by atoms with van der Waals surface area (Å²) in [6, 6.07) is 13.9. The van der Waals surface area contributed by atoms with Crippen molar-refractivity contribution >= 4 is 29.3 Å². The Labute approximate surface area is 152 Å². The number of carbonyl (C=O) groups excluding carboxylic acids is 2. The second kappa shape index (κ2) is 8.03. The molecule has 0 aromatic heterocycles. The van der Waals surface area contributed by atoms with Gasteiger partial charge in [-0.2, -0.15) is 0 Å². The number of ether oxygens (including phenoxy) is 1. The van der Waals surface area contributed by atoms with Crippen molar-refractivity contribution in [1.29, 1.82) is 0 Å². The van der Waals surface area contributed by atoms with Gasteiger partial charge in [-0.1, -0.05) is 23.7 Å². The Morgan fingerprint density at radius 2 is 1.60 bits per heavy atom. The SMILES string of the molecule is CC(C)(C)OC(=O)Nc1ccc(C(=O)NCc2ccc(Cl)cc2)cc1. The van der Waals surface area contributed by atoms with E-state index in [4.69, 9.17) is 16.3 Å². The van der Waals surface area contributed by atoms with Crippen LogP contribution in [0.3, 0.4) is 0 Å². The fourth-order valence-electron chi connectivity index (χ4n) is 2.01. The minimum absolute atomic E-state index is 0.196.